The molecule has 3 aromatic rings. The molecule has 1 amide bonds. The van der Waals surface area contributed by atoms with Crippen molar-refractivity contribution in [2.75, 3.05) is 24.5 Å². The molecule has 7 N–H and O–H groups in total. The molecule has 0 heterocycles. The van der Waals surface area contributed by atoms with E-state index in [-0.39, 0.29) is 53.2 Å². The zero-order valence-electron chi connectivity index (χ0n) is 20.7. The Morgan fingerprint density at radius 2 is 1.82 bits per heavy atom. The van der Waals surface area contributed by atoms with Gasteiger partial charge in [0.05, 0.1) is 25.0 Å². The summed E-state index contributed by atoms with van der Waals surface area (Å²) in [5, 5.41) is 19.9. The average molecular weight is 546 g/mol. The van der Waals surface area contributed by atoms with Crippen molar-refractivity contribution in [3.05, 3.63) is 83.2 Å². The first-order valence-corrected chi connectivity index (χ1v) is 11.3. The number of hydrazine groups is 1. The number of para-hydroxylation sites is 1. The Kier molecular flexibility index (Phi) is 10.7. The van der Waals surface area contributed by atoms with Gasteiger partial charge in [-0.05, 0) is 48.9 Å². The van der Waals surface area contributed by atoms with Crippen molar-refractivity contribution >= 4 is 41.5 Å². The minimum absolute atomic E-state index is 0. The molecule has 0 saturated heterocycles. The van der Waals surface area contributed by atoms with Gasteiger partial charge in [0.1, 0.15) is 17.6 Å². The van der Waals surface area contributed by atoms with Crippen LogP contribution in [0.1, 0.15) is 40.9 Å². The smallest absolute Gasteiger partial charge is 0.337 e. The van der Waals surface area contributed by atoms with Crippen LogP contribution in [-0.2, 0) is 4.79 Å². The molecule has 0 fully saturated rings. The van der Waals surface area contributed by atoms with Gasteiger partial charge in [-0.25, -0.2) is 9.18 Å². The first kappa shape index (κ1) is 29.7. The number of nitrogen functional groups attached to an aromatic ring is 1. The predicted octanol–water partition coefficient (Wildman–Crippen LogP) is 4.32. The molecule has 3 aromatic carbocycles. The third-order valence-corrected chi connectivity index (χ3v) is 5.30. The number of carbonyl (C=O) groups excluding carboxylic acids is 1. The zero-order chi connectivity index (χ0) is 26.9. The molecule has 10 nitrogen and oxygen atoms in total. The maximum absolute atomic E-state index is 15.6. The maximum atomic E-state index is 15.6. The lowest BCUT2D eigenvalue weighted by Gasteiger charge is -2.23. The summed E-state index contributed by atoms with van der Waals surface area (Å²) in [7, 11) is 1.41. The minimum atomic E-state index is -1.30. The number of carbonyl (C=O) groups is 2. The maximum Gasteiger partial charge on any atom is 0.337 e. The van der Waals surface area contributed by atoms with Gasteiger partial charge in [0, 0.05) is 22.9 Å². The fraction of sp³-hybridized carbons (Fsp3) is 0.192. The topological polar surface area (TPSA) is 159 Å². The second-order valence-electron chi connectivity index (χ2n) is 7.91. The Balaban J connectivity index is 0.00000507. The van der Waals surface area contributed by atoms with Crippen LogP contribution in [0.15, 0.2) is 60.7 Å². The third-order valence-electron chi connectivity index (χ3n) is 5.30. The standard InChI is InChI=1S/C26H28FN5O5.ClH/c1-3-12-37-21-14-17(36-2)13-19(22(21)27)23(30-16-10-8-15(9-11-16)24(28)29)25(33)32-31-20-7-5-4-6-18(20)26(34)35;/h4-11,13-14,23,30-31H,3,12H2,1-2H3,(H3,28,29)(H,32,33)(H,34,35);1H. The van der Waals surface area contributed by atoms with Crippen molar-refractivity contribution in [1.29, 1.82) is 5.41 Å². The summed E-state index contributed by atoms with van der Waals surface area (Å²) in [6.07, 6.45) is 0.642. The molecule has 0 aromatic heterocycles. The number of nitrogens with two attached hydrogens (primary N) is 1. The highest BCUT2D eigenvalue weighted by Gasteiger charge is 2.27. The fourth-order valence-corrected chi connectivity index (χ4v) is 3.41. The molecule has 202 valence electrons. The Hall–Kier alpha value is -4.51. The lowest BCUT2D eigenvalue weighted by atomic mass is 10.0. The normalized spacial score (nSPS) is 10.9. The van der Waals surface area contributed by atoms with Crippen molar-refractivity contribution in [1.82, 2.24) is 5.43 Å². The molecule has 3 rings (SSSR count). The number of anilines is 2. The molecule has 1 atom stereocenters. The van der Waals surface area contributed by atoms with E-state index in [1.165, 1.54) is 31.4 Å². The molecule has 0 aliphatic heterocycles. The summed E-state index contributed by atoms with van der Waals surface area (Å²) in [4.78, 5) is 24.9. The van der Waals surface area contributed by atoms with Crippen LogP contribution in [0.3, 0.4) is 0 Å². The Morgan fingerprint density at radius 3 is 2.42 bits per heavy atom. The summed E-state index contributed by atoms with van der Waals surface area (Å²) in [5.41, 5.74) is 11.5. The third kappa shape index (κ3) is 7.26. The van der Waals surface area contributed by atoms with Crippen LogP contribution in [-0.4, -0.2) is 36.5 Å². The summed E-state index contributed by atoms with van der Waals surface area (Å²) in [6.45, 7) is 2.13. The zero-order valence-corrected chi connectivity index (χ0v) is 21.5. The quantitative estimate of drug-likeness (QED) is 0.111. The monoisotopic (exact) mass is 545 g/mol. The molecular formula is C26H29ClFN5O5. The van der Waals surface area contributed by atoms with E-state index in [1.807, 2.05) is 6.92 Å². The van der Waals surface area contributed by atoms with Gasteiger partial charge in [-0.2, -0.15) is 0 Å². The van der Waals surface area contributed by atoms with Gasteiger partial charge in [0.2, 0.25) is 0 Å². The van der Waals surface area contributed by atoms with E-state index < -0.39 is 23.7 Å². The van der Waals surface area contributed by atoms with Crippen molar-refractivity contribution < 1.29 is 28.6 Å². The van der Waals surface area contributed by atoms with Gasteiger partial charge >= 0.3 is 5.97 Å². The van der Waals surface area contributed by atoms with E-state index in [4.69, 9.17) is 20.6 Å². The number of nitrogens with one attached hydrogen (secondary N) is 4. The number of halogens is 2. The summed E-state index contributed by atoms with van der Waals surface area (Å²) >= 11 is 0. The van der Waals surface area contributed by atoms with Crippen LogP contribution in [0.5, 0.6) is 11.5 Å². The van der Waals surface area contributed by atoms with Gasteiger partial charge in [-0.15, -0.1) is 12.4 Å². The summed E-state index contributed by atoms with van der Waals surface area (Å²) < 4.78 is 26.4. The minimum Gasteiger partial charge on any atom is -0.497 e. The molecule has 12 heteroatoms. The molecular weight excluding hydrogens is 517 g/mol. The van der Waals surface area contributed by atoms with Crippen LogP contribution >= 0.6 is 12.4 Å². The van der Waals surface area contributed by atoms with E-state index in [0.29, 0.717) is 17.7 Å². The SMILES string of the molecule is CCCOc1cc(OC)cc(C(Nc2ccc(C(=N)N)cc2)C(=O)NNc2ccccc2C(=O)O)c1F.Cl. The second-order valence-corrected chi connectivity index (χ2v) is 7.91. The first-order valence-electron chi connectivity index (χ1n) is 11.3. The number of benzene rings is 3. The molecule has 0 radical (unpaired) electrons. The highest BCUT2D eigenvalue weighted by atomic mass is 35.5. The van der Waals surface area contributed by atoms with E-state index in [0.717, 1.165) is 0 Å². The number of carboxylic acids is 1. The lowest BCUT2D eigenvalue weighted by Crippen LogP contribution is -2.38. The molecule has 0 bridgehead atoms. The molecule has 38 heavy (non-hydrogen) atoms. The Morgan fingerprint density at radius 1 is 1.13 bits per heavy atom. The molecule has 0 spiro atoms. The van der Waals surface area contributed by atoms with Gasteiger partial charge in [0.15, 0.2) is 11.6 Å². The van der Waals surface area contributed by atoms with Crippen molar-refractivity contribution in [2.45, 2.75) is 19.4 Å². The van der Waals surface area contributed by atoms with E-state index in [2.05, 4.69) is 16.2 Å². The van der Waals surface area contributed by atoms with E-state index in [9.17, 15) is 14.7 Å². The van der Waals surface area contributed by atoms with Crippen LogP contribution < -0.4 is 31.4 Å². The predicted molar refractivity (Wildman–Crippen MR) is 145 cm³/mol. The Labute approximate surface area is 225 Å². The highest BCUT2D eigenvalue weighted by molar-refractivity contribution is 5.96. The number of methoxy groups -OCH3 is 1. The largest absolute Gasteiger partial charge is 0.497 e. The van der Waals surface area contributed by atoms with Crippen molar-refractivity contribution in [2.24, 2.45) is 5.73 Å². The number of amidine groups is 1. The van der Waals surface area contributed by atoms with Crippen molar-refractivity contribution in [3.8, 4) is 11.5 Å². The average Bonchev–Trinajstić information content (AvgIpc) is 2.90. The number of carboxylic acid groups (broad SMARTS) is 1. The molecule has 0 aliphatic rings. The van der Waals surface area contributed by atoms with E-state index in [1.54, 1.807) is 36.4 Å². The molecule has 0 saturated carbocycles. The first-order chi connectivity index (χ1) is 17.7. The fourth-order valence-electron chi connectivity index (χ4n) is 3.41. The van der Waals surface area contributed by atoms with Crippen LogP contribution in [0, 0.1) is 11.2 Å². The highest BCUT2D eigenvalue weighted by Crippen LogP contribution is 2.33. The number of amides is 1. The number of hydrogen-bond acceptors (Lipinski definition) is 7. The molecule has 1 unspecified atom stereocenters. The summed E-state index contributed by atoms with van der Waals surface area (Å²) in [6, 6.07) is 13.8. The van der Waals surface area contributed by atoms with Gasteiger partial charge in [-0.1, -0.05) is 19.1 Å². The number of hydrogen-bond donors (Lipinski definition) is 6. The number of aromatic carboxylic acids is 1. The van der Waals surface area contributed by atoms with Crippen LogP contribution in [0.4, 0.5) is 15.8 Å². The Bertz CT molecular complexity index is 1290. The van der Waals surface area contributed by atoms with Gasteiger partial charge in [0.25, 0.3) is 5.91 Å². The molecule has 0 aliphatic carbocycles. The van der Waals surface area contributed by atoms with E-state index >= 15 is 4.39 Å². The lowest BCUT2D eigenvalue weighted by molar-refractivity contribution is -0.121. The number of ether oxygens (including phenoxy) is 2. The van der Waals surface area contributed by atoms with Gasteiger partial charge < -0.3 is 25.6 Å². The van der Waals surface area contributed by atoms with Crippen molar-refractivity contribution in [3.63, 3.8) is 0 Å². The van der Waals surface area contributed by atoms with Gasteiger partial charge in [-0.3, -0.25) is 21.1 Å². The second kappa shape index (κ2) is 13.7. The summed E-state index contributed by atoms with van der Waals surface area (Å²) in [5.74, 6) is -2.59. The van der Waals surface area contributed by atoms with Crippen LogP contribution in [0.2, 0.25) is 0 Å². The number of rotatable bonds is 12. The van der Waals surface area contributed by atoms with Crippen LogP contribution in [0.25, 0.3) is 0 Å².